The number of ether oxygens (including phenoxy) is 1. The van der Waals surface area contributed by atoms with Gasteiger partial charge in [0, 0.05) is 11.5 Å². The van der Waals surface area contributed by atoms with Gasteiger partial charge in [-0.3, -0.25) is 14.2 Å². The van der Waals surface area contributed by atoms with Gasteiger partial charge in [-0.05, 0) is 19.1 Å². The number of rotatable bonds is 4. The van der Waals surface area contributed by atoms with Crippen LogP contribution >= 0.6 is 0 Å². The molecule has 1 aromatic carbocycles. The first-order valence-electron chi connectivity index (χ1n) is 7.56. The van der Waals surface area contributed by atoms with Crippen LogP contribution in [0.5, 0.6) is 0 Å². The Hall–Kier alpha value is -3.42. The van der Waals surface area contributed by atoms with Crippen LogP contribution in [0.2, 0.25) is 0 Å². The van der Waals surface area contributed by atoms with E-state index in [9.17, 15) is 9.59 Å². The van der Waals surface area contributed by atoms with Gasteiger partial charge in [-0.2, -0.15) is 0 Å². The Morgan fingerprint density at radius 3 is 2.96 bits per heavy atom. The molecule has 0 aliphatic carbocycles. The van der Waals surface area contributed by atoms with E-state index in [1.54, 1.807) is 19.1 Å². The smallest absolute Gasteiger partial charge is 0.326 e. The lowest BCUT2D eigenvalue weighted by atomic mass is 10.2. The van der Waals surface area contributed by atoms with E-state index in [1.165, 1.54) is 6.33 Å². The van der Waals surface area contributed by atoms with Crippen LogP contribution < -0.4 is 5.56 Å². The number of nitrogens with zero attached hydrogens (tertiary/aromatic N) is 3. The number of fused-ring (bicyclic) bond motifs is 3. The Morgan fingerprint density at radius 1 is 1.32 bits per heavy atom. The van der Waals surface area contributed by atoms with Crippen LogP contribution in [0.3, 0.4) is 0 Å². The minimum absolute atomic E-state index is 0.0226. The van der Waals surface area contributed by atoms with Crippen molar-refractivity contribution >= 4 is 28.0 Å². The van der Waals surface area contributed by atoms with Gasteiger partial charge in [0.25, 0.3) is 5.56 Å². The number of carbonyl (C=O) groups is 1. The molecule has 0 N–H and O–H groups in total. The maximum atomic E-state index is 12.5. The monoisotopic (exact) mass is 339 g/mol. The number of benzene rings is 1. The van der Waals surface area contributed by atoms with Crippen molar-refractivity contribution in [1.82, 2.24) is 14.7 Å². The van der Waals surface area contributed by atoms with Crippen molar-refractivity contribution in [3.63, 3.8) is 0 Å². The van der Waals surface area contributed by atoms with Crippen LogP contribution in [0.4, 0.5) is 0 Å². The summed E-state index contributed by atoms with van der Waals surface area (Å²) in [6.07, 6.45) is 1.31. The summed E-state index contributed by atoms with van der Waals surface area (Å²) in [6.45, 7) is 1.45. The molecule has 126 valence electrons. The molecule has 4 aromatic rings. The third-order valence-corrected chi connectivity index (χ3v) is 3.71. The lowest BCUT2D eigenvalue weighted by molar-refractivity contribution is -0.145. The minimum Gasteiger partial charge on any atom is -0.458 e. The molecular weight excluding hydrogens is 326 g/mol. The number of hydrogen-bond acceptors (Lipinski definition) is 7. The van der Waals surface area contributed by atoms with E-state index in [-0.39, 0.29) is 18.7 Å². The van der Waals surface area contributed by atoms with Crippen molar-refractivity contribution < 1.29 is 18.5 Å². The summed E-state index contributed by atoms with van der Waals surface area (Å²) in [6, 6.07) is 8.91. The number of esters is 1. The molecule has 0 atom stereocenters. The molecule has 0 unspecified atom stereocenters. The molecule has 25 heavy (non-hydrogen) atoms. The maximum absolute atomic E-state index is 12.5. The zero-order valence-electron chi connectivity index (χ0n) is 13.3. The summed E-state index contributed by atoms with van der Waals surface area (Å²) < 4.78 is 16.7. The topological polar surface area (TPSA) is 100 Å². The SMILES string of the molecule is Cc1cc(COC(=O)Cn2cnc3c(oc4ccccc43)c2=O)no1. The normalized spacial score (nSPS) is 11.2. The third kappa shape index (κ3) is 2.78. The molecule has 0 aliphatic heterocycles. The zero-order chi connectivity index (χ0) is 17.4. The molecule has 0 bridgehead atoms. The molecule has 3 aromatic heterocycles. The van der Waals surface area contributed by atoms with E-state index in [0.29, 0.717) is 22.6 Å². The van der Waals surface area contributed by atoms with Crippen LogP contribution in [0, 0.1) is 6.92 Å². The van der Waals surface area contributed by atoms with Gasteiger partial charge in [0.2, 0.25) is 5.58 Å². The lowest BCUT2D eigenvalue weighted by Gasteiger charge is -2.04. The van der Waals surface area contributed by atoms with Crippen LogP contribution in [-0.4, -0.2) is 20.7 Å². The molecule has 8 heteroatoms. The summed E-state index contributed by atoms with van der Waals surface area (Å²) in [5.41, 5.74) is 1.23. The highest BCUT2D eigenvalue weighted by atomic mass is 16.5. The van der Waals surface area contributed by atoms with E-state index in [0.717, 1.165) is 9.95 Å². The average molecular weight is 339 g/mol. The van der Waals surface area contributed by atoms with Crippen molar-refractivity contribution in [2.75, 3.05) is 0 Å². The van der Waals surface area contributed by atoms with E-state index in [2.05, 4.69) is 10.1 Å². The predicted octanol–water partition coefficient (Wildman–Crippen LogP) is 2.18. The second-order valence-electron chi connectivity index (χ2n) is 5.54. The number of hydrogen-bond donors (Lipinski definition) is 0. The van der Waals surface area contributed by atoms with Gasteiger partial charge in [0.05, 0.1) is 6.33 Å². The molecule has 0 amide bonds. The van der Waals surface area contributed by atoms with Crippen molar-refractivity contribution in [3.05, 3.63) is 58.5 Å². The third-order valence-electron chi connectivity index (χ3n) is 3.71. The number of aromatic nitrogens is 3. The minimum atomic E-state index is -0.583. The summed E-state index contributed by atoms with van der Waals surface area (Å²) in [5, 5.41) is 4.48. The van der Waals surface area contributed by atoms with Crippen molar-refractivity contribution in [2.45, 2.75) is 20.1 Å². The molecule has 0 saturated heterocycles. The van der Waals surface area contributed by atoms with Crippen LogP contribution in [-0.2, 0) is 22.7 Å². The van der Waals surface area contributed by atoms with Crippen molar-refractivity contribution in [3.8, 4) is 0 Å². The summed E-state index contributed by atoms with van der Waals surface area (Å²) >= 11 is 0. The van der Waals surface area contributed by atoms with E-state index >= 15 is 0 Å². The summed E-state index contributed by atoms with van der Waals surface area (Å²) in [7, 11) is 0. The molecule has 0 fully saturated rings. The summed E-state index contributed by atoms with van der Waals surface area (Å²) in [4.78, 5) is 28.7. The van der Waals surface area contributed by atoms with Crippen LogP contribution in [0.15, 0.2) is 50.4 Å². The first-order valence-corrected chi connectivity index (χ1v) is 7.56. The molecule has 3 heterocycles. The Balaban J connectivity index is 1.57. The van der Waals surface area contributed by atoms with Gasteiger partial charge < -0.3 is 13.7 Å². The molecule has 0 aliphatic rings. The van der Waals surface area contributed by atoms with Gasteiger partial charge in [-0.1, -0.05) is 17.3 Å². The highest BCUT2D eigenvalue weighted by molar-refractivity contribution is 6.01. The van der Waals surface area contributed by atoms with Gasteiger partial charge in [0.15, 0.2) is 0 Å². The fraction of sp³-hybridized carbons (Fsp3) is 0.176. The summed E-state index contributed by atoms with van der Waals surface area (Å²) in [5.74, 6) is 0.0434. The van der Waals surface area contributed by atoms with Gasteiger partial charge in [0.1, 0.15) is 35.7 Å². The van der Waals surface area contributed by atoms with Gasteiger partial charge >= 0.3 is 5.97 Å². The quantitative estimate of drug-likeness (QED) is 0.525. The molecular formula is C17H13N3O5. The predicted molar refractivity (Wildman–Crippen MR) is 86.8 cm³/mol. The first kappa shape index (κ1) is 15.1. The molecule has 0 radical (unpaired) electrons. The molecule has 0 spiro atoms. The Kier molecular flexibility index (Phi) is 3.57. The zero-order valence-corrected chi connectivity index (χ0v) is 13.3. The number of carbonyl (C=O) groups excluding carboxylic acids is 1. The van der Waals surface area contributed by atoms with Crippen molar-refractivity contribution in [1.29, 1.82) is 0 Å². The molecule has 0 saturated carbocycles. The standard InChI is InChI=1S/C17H13N3O5/c1-10-6-11(19-25-10)8-23-14(21)7-20-9-18-15-12-4-2-3-5-13(12)24-16(15)17(20)22/h2-6,9H,7-8H2,1H3. The Bertz CT molecular complexity index is 1140. The van der Waals surface area contributed by atoms with E-state index < -0.39 is 11.5 Å². The van der Waals surface area contributed by atoms with E-state index in [1.807, 2.05) is 18.2 Å². The second-order valence-corrected chi connectivity index (χ2v) is 5.54. The highest BCUT2D eigenvalue weighted by Gasteiger charge is 2.15. The maximum Gasteiger partial charge on any atom is 0.326 e. The van der Waals surface area contributed by atoms with E-state index in [4.69, 9.17) is 13.7 Å². The Morgan fingerprint density at radius 2 is 2.16 bits per heavy atom. The lowest BCUT2D eigenvalue weighted by Crippen LogP contribution is -2.25. The fourth-order valence-corrected chi connectivity index (χ4v) is 2.55. The second kappa shape index (κ2) is 5.90. The van der Waals surface area contributed by atoms with Crippen LogP contribution in [0.25, 0.3) is 22.1 Å². The fourth-order valence-electron chi connectivity index (χ4n) is 2.55. The largest absolute Gasteiger partial charge is 0.458 e. The number of furan rings is 1. The average Bonchev–Trinajstić information content (AvgIpc) is 3.19. The first-order chi connectivity index (χ1) is 12.1. The number of aryl methyl sites for hydroxylation is 1. The Labute approximate surface area is 140 Å². The van der Waals surface area contributed by atoms with Gasteiger partial charge in [-0.25, -0.2) is 4.98 Å². The molecule has 4 rings (SSSR count). The number of para-hydroxylation sites is 1. The van der Waals surface area contributed by atoms with Crippen molar-refractivity contribution in [2.24, 2.45) is 0 Å². The van der Waals surface area contributed by atoms with Crippen LogP contribution in [0.1, 0.15) is 11.5 Å². The van der Waals surface area contributed by atoms with Gasteiger partial charge in [-0.15, -0.1) is 0 Å². The highest BCUT2D eigenvalue weighted by Crippen LogP contribution is 2.23. The molecule has 8 nitrogen and oxygen atoms in total.